The Labute approximate surface area is 190 Å². The van der Waals surface area contributed by atoms with Crippen molar-refractivity contribution in [3.05, 3.63) is 93.6 Å². The third-order valence-electron chi connectivity index (χ3n) is 5.28. The number of hydrogen-bond donors (Lipinski definition) is 1. The van der Waals surface area contributed by atoms with Crippen molar-refractivity contribution in [3.63, 3.8) is 0 Å². The van der Waals surface area contributed by atoms with Crippen molar-refractivity contribution in [3.8, 4) is 5.75 Å². The van der Waals surface area contributed by atoms with Gasteiger partial charge < -0.3 is 14.6 Å². The van der Waals surface area contributed by atoms with Crippen LogP contribution in [0, 0.1) is 20.8 Å². The second-order valence-corrected chi connectivity index (χ2v) is 8.00. The normalized spacial score (nSPS) is 10.9. The van der Waals surface area contributed by atoms with Crippen molar-refractivity contribution in [1.82, 2.24) is 14.9 Å². The van der Waals surface area contributed by atoms with E-state index in [2.05, 4.69) is 15.6 Å². The molecule has 1 amide bonds. The van der Waals surface area contributed by atoms with Crippen LogP contribution in [0.1, 0.15) is 38.5 Å². The maximum Gasteiger partial charge on any atom is 0.278 e. The number of benzene rings is 2. The quantitative estimate of drug-likeness (QED) is 0.411. The topological polar surface area (TPSA) is 82.2 Å². The fraction of sp³-hybridized carbons (Fsp3) is 0.208. The molecule has 0 aliphatic carbocycles. The summed E-state index contributed by atoms with van der Waals surface area (Å²) in [6.45, 7) is 6.57. The van der Waals surface area contributed by atoms with Gasteiger partial charge in [0.1, 0.15) is 18.1 Å². The molecule has 2 heterocycles. The lowest BCUT2D eigenvalue weighted by atomic mass is 10.1. The SMILES string of the molecule is Cc1cccc(OCc2c(C(=O)Nc3ccc(Cn4cc(Cl)cn4)cc3)noc2C)c1C. The molecule has 0 unspecified atom stereocenters. The van der Waals surface area contributed by atoms with Crippen LogP contribution in [0.2, 0.25) is 5.02 Å². The molecule has 2 aromatic heterocycles. The lowest BCUT2D eigenvalue weighted by Crippen LogP contribution is -2.15. The van der Waals surface area contributed by atoms with Crippen LogP contribution in [0.4, 0.5) is 5.69 Å². The van der Waals surface area contributed by atoms with Gasteiger partial charge in [-0.1, -0.05) is 41.0 Å². The monoisotopic (exact) mass is 450 g/mol. The zero-order valence-electron chi connectivity index (χ0n) is 18.1. The summed E-state index contributed by atoms with van der Waals surface area (Å²) in [5.74, 6) is 0.965. The van der Waals surface area contributed by atoms with Crippen LogP contribution >= 0.6 is 11.6 Å². The van der Waals surface area contributed by atoms with Crippen LogP contribution in [-0.4, -0.2) is 20.8 Å². The van der Waals surface area contributed by atoms with Gasteiger partial charge in [-0.15, -0.1) is 0 Å². The number of amides is 1. The summed E-state index contributed by atoms with van der Waals surface area (Å²) in [5.41, 5.74) is 4.72. The van der Waals surface area contributed by atoms with E-state index in [9.17, 15) is 4.79 Å². The van der Waals surface area contributed by atoms with E-state index in [1.54, 1.807) is 24.0 Å². The molecule has 0 spiro atoms. The predicted molar refractivity (Wildman–Crippen MR) is 122 cm³/mol. The fourth-order valence-electron chi connectivity index (χ4n) is 3.27. The van der Waals surface area contributed by atoms with Gasteiger partial charge in [0, 0.05) is 11.9 Å². The summed E-state index contributed by atoms with van der Waals surface area (Å²) in [6.07, 6.45) is 3.35. The Morgan fingerprint density at radius 1 is 1.16 bits per heavy atom. The Balaban J connectivity index is 1.43. The van der Waals surface area contributed by atoms with Gasteiger partial charge in [-0.2, -0.15) is 5.10 Å². The molecule has 8 heteroatoms. The summed E-state index contributed by atoms with van der Waals surface area (Å²) in [6, 6.07) is 13.4. The molecule has 4 aromatic rings. The molecule has 164 valence electrons. The van der Waals surface area contributed by atoms with Crippen molar-refractivity contribution >= 4 is 23.2 Å². The molecule has 4 rings (SSSR count). The van der Waals surface area contributed by atoms with E-state index in [0.29, 0.717) is 28.6 Å². The summed E-state index contributed by atoms with van der Waals surface area (Å²) in [7, 11) is 0. The zero-order chi connectivity index (χ0) is 22.7. The van der Waals surface area contributed by atoms with Gasteiger partial charge in [-0.05, 0) is 55.7 Å². The lowest BCUT2D eigenvalue weighted by Gasteiger charge is -2.11. The van der Waals surface area contributed by atoms with Crippen molar-refractivity contribution in [2.24, 2.45) is 0 Å². The van der Waals surface area contributed by atoms with Gasteiger partial charge >= 0.3 is 0 Å². The number of nitrogens with one attached hydrogen (secondary N) is 1. The lowest BCUT2D eigenvalue weighted by molar-refractivity contribution is 0.101. The highest BCUT2D eigenvalue weighted by molar-refractivity contribution is 6.30. The highest BCUT2D eigenvalue weighted by atomic mass is 35.5. The average Bonchev–Trinajstić information content (AvgIpc) is 3.35. The van der Waals surface area contributed by atoms with Crippen LogP contribution < -0.4 is 10.1 Å². The summed E-state index contributed by atoms with van der Waals surface area (Å²) >= 11 is 5.90. The Morgan fingerprint density at radius 3 is 2.66 bits per heavy atom. The summed E-state index contributed by atoms with van der Waals surface area (Å²) < 4.78 is 13.0. The van der Waals surface area contributed by atoms with Gasteiger partial charge in [0.2, 0.25) is 0 Å². The number of anilines is 1. The van der Waals surface area contributed by atoms with Gasteiger partial charge in [-0.3, -0.25) is 9.48 Å². The molecule has 0 radical (unpaired) electrons. The molecule has 7 nitrogen and oxygen atoms in total. The smallest absolute Gasteiger partial charge is 0.278 e. The average molecular weight is 451 g/mol. The molecule has 0 bridgehead atoms. The van der Waals surface area contributed by atoms with Crippen LogP contribution in [0.15, 0.2) is 59.4 Å². The Kier molecular flexibility index (Phi) is 6.28. The number of ether oxygens (including phenoxy) is 1. The van der Waals surface area contributed by atoms with Gasteiger partial charge in [-0.25, -0.2) is 0 Å². The second kappa shape index (κ2) is 9.28. The Morgan fingerprint density at radius 2 is 1.94 bits per heavy atom. The molecular weight excluding hydrogens is 428 g/mol. The van der Waals surface area contributed by atoms with Crippen LogP contribution in [0.3, 0.4) is 0 Å². The van der Waals surface area contributed by atoms with Crippen LogP contribution in [0.5, 0.6) is 5.75 Å². The molecule has 0 saturated carbocycles. The number of rotatable bonds is 7. The molecule has 0 aliphatic heterocycles. The van der Waals surface area contributed by atoms with E-state index in [4.69, 9.17) is 20.9 Å². The number of hydrogen-bond acceptors (Lipinski definition) is 5. The van der Waals surface area contributed by atoms with Crippen molar-refractivity contribution in [2.45, 2.75) is 33.9 Å². The van der Waals surface area contributed by atoms with Gasteiger partial charge in [0.15, 0.2) is 5.69 Å². The van der Waals surface area contributed by atoms with Gasteiger partial charge in [0.05, 0.1) is 23.3 Å². The van der Waals surface area contributed by atoms with Crippen molar-refractivity contribution in [2.75, 3.05) is 5.32 Å². The Hall–Kier alpha value is -3.58. The molecule has 0 saturated heterocycles. The summed E-state index contributed by atoms with van der Waals surface area (Å²) in [5, 5.41) is 11.6. The third kappa shape index (κ3) is 4.84. The first-order valence-corrected chi connectivity index (χ1v) is 10.5. The molecular formula is C24H23ClN4O3. The second-order valence-electron chi connectivity index (χ2n) is 7.56. The number of aromatic nitrogens is 3. The minimum Gasteiger partial charge on any atom is -0.488 e. The standard InChI is InChI=1S/C24H23ClN4O3/c1-15-5-4-6-22(16(15)2)31-14-21-17(3)32-28-23(21)24(30)27-20-9-7-18(8-10-20)12-29-13-19(25)11-26-29/h4-11,13H,12,14H2,1-3H3,(H,27,30). The van der Waals surface area contributed by atoms with Crippen LogP contribution in [-0.2, 0) is 13.2 Å². The molecule has 0 fully saturated rings. The highest BCUT2D eigenvalue weighted by Gasteiger charge is 2.21. The van der Waals surface area contributed by atoms with Crippen LogP contribution in [0.25, 0.3) is 0 Å². The molecule has 0 atom stereocenters. The third-order valence-corrected chi connectivity index (χ3v) is 5.48. The number of nitrogens with zero attached hydrogens (tertiary/aromatic N) is 3. The molecule has 0 aliphatic rings. The van der Waals surface area contributed by atoms with Gasteiger partial charge in [0.25, 0.3) is 5.91 Å². The predicted octanol–water partition coefficient (Wildman–Crippen LogP) is 5.33. The number of carbonyl (C=O) groups is 1. The Bertz CT molecular complexity index is 1240. The van der Waals surface area contributed by atoms with E-state index in [-0.39, 0.29) is 18.2 Å². The fourth-order valence-corrected chi connectivity index (χ4v) is 3.42. The highest BCUT2D eigenvalue weighted by Crippen LogP contribution is 2.24. The maximum atomic E-state index is 12.8. The van der Waals surface area contributed by atoms with Crippen molar-refractivity contribution < 1.29 is 14.1 Å². The van der Waals surface area contributed by atoms with E-state index < -0.39 is 0 Å². The van der Waals surface area contributed by atoms with E-state index in [1.165, 1.54) is 0 Å². The van der Waals surface area contributed by atoms with Crippen molar-refractivity contribution in [1.29, 1.82) is 0 Å². The largest absolute Gasteiger partial charge is 0.488 e. The maximum absolute atomic E-state index is 12.8. The first-order chi connectivity index (χ1) is 15.4. The molecule has 2 aromatic carbocycles. The van der Waals surface area contributed by atoms with E-state index in [1.807, 2.05) is 56.3 Å². The van der Waals surface area contributed by atoms with E-state index in [0.717, 1.165) is 22.4 Å². The number of carbonyl (C=O) groups excluding carboxylic acids is 1. The zero-order valence-corrected chi connectivity index (χ0v) is 18.8. The molecule has 1 N–H and O–H groups in total. The summed E-state index contributed by atoms with van der Waals surface area (Å²) in [4.78, 5) is 12.8. The number of aryl methyl sites for hydroxylation is 2. The minimum absolute atomic E-state index is 0.188. The van der Waals surface area contributed by atoms with E-state index >= 15 is 0 Å². The minimum atomic E-state index is -0.354. The first-order valence-electron chi connectivity index (χ1n) is 10.1. The first kappa shape index (κ1) is 21.6. The number of halogens is 1. The molecule has 32 heavy (non-hydrogen) atoms.